The van der Waals surface area contributed by atoms with Gasteiger partial charge >= 0.3 is 6.03 Å². The fraction of sp³-hybridized carbons (Fsp3) is 0. The van der Waals surface area contributed by atoms with Crippen LogP contribution in [-0.2, 0) is 0 Å². The molecule has 0 fully saturated rings. The zero-order chi connectivity index (χ0) is 8.55. The summed E-state index contributed by atoms with van der Waals surface area (Å²) in [6, 6.07) is 3.94. The first kappa shape index (κ1) is 7.42. The summed E-state index contributed by atoms with van der Waals surface area (Å²) in [7, 11) is 0. The number of carbonyl (C=O) groups excluding carboxylic acids is 1. The Balaban J connectivity index is 2.44. The third kappa shape index (κ3) is 1.23. The largest absolute Gasteiger partial charge is 0.329 e. The fourth-order valence-electron chi connectivity index (χ4n) is 0.938. The normalized spacial score (nSPS) is 14.6. The molecule has 1 aliphatic heterocycles. The van der Waals surface area contributed by atoms with Crippen LogP contribution in [-0.4, -0.2) is 6.03 Å². The van der Waals surface area contributed by atoms with Gasteiger partial charge in [0, 0.05) is 0 Å². The monoisotopic (exact) mass is 184 g/mol. The van der Waals surface area contributed by atoms with Crippen molar-refractivity contribution in [3.8, 4) is 0 Å². The zero-order valence-corrected chi connectivity index (χ0v) is 6.74. The number of amides is 2. The number of halogens is 1. The minimum atomic E-state index is -0.350. The molecule has 0 unspecified atom stereocenters. The second-order valence-electron chi connectivity index (χ2n) is 2.30. The van der Waals surface area contributed by atoms with Gasteiger partial charge in [-0.05, 0) is 30.1 Å². The van der Waals surface area contributed by atoms with Gasteiger partial charge in [-0.2, -0.15) is 0 Å². The zero-order valence-electron chi connectivity index (χ0n) is 5.93. The Hall–Kier alpha value is -1.23. The maximum Gasteiger partial charge on any atom is 0.329 e. The van der Waals surface area contributed by atoms with Crippen molar-refractivity contribution in [1.82, 2.24) is 4.72 Å². The highest BCUT2D eigenvalue weighted by Crippen LogP contribution is 2.28. The van der Waals surface area contributed by atoms with Gasteiger partial charge in [-0.3, -0.25) is 4.72 Å². The first-order chi connectivity index (χ1) is 5.75. The van der Waals surface area contributed by atoms with Gasteiger partial charge in [0.2, 0.25) is 0 Å². The number of carbonyl (C=O) groups is 1. The smallest absolute Gasteiger partial charge is 0.306 e. The molecule has 1 aromatic rings. The number of anilines is 1. The lowest BCUT2D eigenvalue weighted by atomic mass is 10.3. The number of nitrogens with one attached hydrogen (secondary N) is 2. The topological polar surface area (TPSA) is 41.1 Å². The van der Waals surface area contributed by atoms with Gasteiger partial charge in [0.25, 0.3) is 0 Å². The summed E-state index contributed by atoms with van der Waals surface area (Å²) in [5.74, 6) is -0.350. The first-order valence-corrected chi connectivity index (χ1v) is 4.11. The van der Waals surface area contributed by atoms with Crippen molar-refractivity contribution in [2.75, 3.05) is 5.32 Å². The molecule has 1 aliphatic rings. The molecular weight excluding hydrogens is 179 g/mol. The highest BCUT2D eigenvalue weighted by Gasteiger charge is 2.14. The van der Waals surface area contributed by atoms with E-state index in [-0.39, 0.29) is 11.8 Å². The molecule has 62 valence electrons. The molecule has 1 aromatic carbocycles. The number of hydrogen-bond donors (Lipinski definition) is 2. The van der Waals surface area contributed by atoms with Crippen LogP contribution in [0.1, 0.15) is 0 Å². The predicted octanol–water partition coefficient (Wildman–Crippen LogP) is 1.97. The van der Waals surface area contributed by atoms with E-state index in [1.54, 1.807) is 6.07 Å². The van der Waals surface area contributed by atoms with E-state index in [0.29, 0.717) is 5.69 Å². The predicted molar refractivity (Wildman–Crippen MR) is 44.4 cm³/mol. The number of fused-ring (bicyclic) bond motifs is 1. The van der Waals surface area contributed by atoms with Crippen LogP contribution in [0.2, 0.25) is 0 Å². The molecule has 2 N–H and O–H groups in total. The minimum absolute atomic E-state index is 0.321. The molecule has 0 saturated heterocycles. The molecule has 0 aromatic heterocycles. The van der Waals surface area contributed by atoms with Crippen LogP contribution in [0.5, 0.6) is 0 Å². The van der Waals surface area contributed by atoms with Crippen LogP contribution in [0, 0.1) is 5.82 Å². The van der Waals surface area contributed by atoms with Crippen LogP contribution in [0.15, 0.2) is 23.1 Å². The summed E-state index contributed by atoms with van der Waals surface area (Å²) in [5.41, 5.74) is 0.517. The summed E-state index contributed by atoms with van der Waals surface area (Å²) in [5, 5.41) is 2.49. The van der Waals surface area contributed by atoms with Crippen molar-refractivity contribution in [1.29, 1.82) is 0 Å². The summed E-state index contributed by atoms with van der Waals surface area (Å²) < 4.78 is 15.1. The lowest BCUT2D eigenvalue weighted by Crippen LogP contribution is -2.26. The van der Waals surface area contributed by atoms with Gasteiger partial charge < -0.3 is 5.32 Å². The Kier molecular flexibility index (Phi) is 1.65. The van der Waals surface area contributed by atoms with E-state index in [9.17, 15) is 9.18 Å². The van der Waals surface area contributed by atoms with Gasteiger partial charge in [0.05, 0.1) is 10.6 Å². The van der Waals surface area contributed by atoms with Crippen molar-refractivity contribution in [3.05, 3.63) is 24.0 Å². The molecule has 0 saturated carbocycles. The van der Waals surface area contributed by atoms with Crippen molar-refractivity contribution in [3.63, 3.8) is 0 Å². The third-order valence-electron chi connectivity index (χ3n) is 1.44. The minimum Gasteiger partial charge on any atom is -0.306 e. The molecule has 0 aliphatic carbocycles. The maximum absolute atomic E-state index is 12.6. The molecular formula is C7H5FN2OS. The SMILES string of the molecule is O=C1NSc2ccc(F)cc2N1. The number of rotatable bonds is 0. The van der Waals surface area contributed by atoms with E-state index in [4.69, 9.17) is 0 Å². The highest BCUT2D eigenvalue weighted by atomic mass is 32.2. The molecule has 5 heteroatoms. The second-order valence-corrected chi connectivity index (χ2v) is 3.15. The van der Waals surface area contributed by atoms with E-state index in [0.717, 1.165) is 4.90 Å². The van der Waals surface area contributed by atoms with Crippen molar-refractivity contribution in [2.24, 2.45) is 0 Å². The van der Waals surface area contributed by atoms with Crippen LogP contribution >= 0.6 is 11.9 Å². The van der Waals surface area contributed by atoms with Crippen LogP contribution in [0.4, 0.5) is 14.9 Å². The Morgan fingerprint density at radius 1 is 1.42 bits per heavy atom. The molecule has 2 amide bonds. The van der Waals surface area contributed by atoms with Gasteiger partial charge in [-0.25, -0.2) is 9.18 Å². The molecule has 0 atom stereocenters. The molecule has 0 spiro atoms. The van der Waals surface area contributed by atoms with Crippen LogP contribution < -0.4 is 10.0 Å². The van der Waals surface area contributed by atoms with E-state index in [1.165, 1.54) is 24.1 Å². The lowest BCUT2D eigenvalue weighted by molar-refractivity contribution is 0.257. The van der Waals surface area contributed by atoms with Gasteiger partial charge in [-0.15, -0.1) is 0 Å². The molecule has 1 heterocycles. The molecule has 0 radical (unpaired) electrons. The Labute approximate surface area is 72.5 Å². The van der Waals surface area contributed by atoms with Crippen molar-refractivity contribution < 1.29 is 9.18 Å². The average molecular weight is 184 g/mol. The average Bonchev–Trinajstić information content (AvgIpc) is 2.03. The van der Waals surface area contributed by atoms with Crippen molar-refractivity contribution >= 4 is 23.7 Å². The van der Waals surface area contributed by atoms with E-state index >= 15 is 0 Å². The summed E-state index contributed by atoms with van der Waals surface area (Å²) in [6.45, 7) is 0. The van der Waals surface area contributed by atoms with Crippen molar-refractivity contribution in [2.45, 2.75) is 4.90 Å². The third-order valence-corrected chi connectivity index (χ3v) is 2.31. The van der Waals surface area contributed by atoms with Gasteiger partial charge in [0.1, 0.15) is 5.82 Å². The number of hydrogen-bond acceptors (Lipinski definition) is 2. The first-order valence-electron chi connectivity index (χ1n) is 3.29. The maximum atomic E-state index is 12.6. The summed E-state index contributed by atoms with van der Waals surface area (Å²) in [4.78, 5) is 11.6. The highest BCUT2D eigenvalue weighted by molar-refractivity contribution is 7.98. The van der Waals surface area contributed by atoms with E-state index < -0.39 is 0 Å². The standard InChI is InChI=1S/C7H5FN2OS/c8-4-1-2-6-5(3-4)9-7(11)10-12-6/h1-3H,(H2,9,10,11). The molecule has 0 bridgehead atoms. The number of benzene rings is 1. The van der Waals surface area contributed by atoms with E-state index in [2.05, 4.69) is 10.0 Å². The second kappa shape index (κ2) is 2.67. The molecule has 3 nitrogen and oxygen atoms in total. The van der Waals surface area contributed by atoms with E-state index in [1.807, 2.05) is 0 Å². The lowest BCUT2D eigenvalue weighted by Gasteiger charge is -2.16. The van der Waals surface area contributed by atoms with Gasteiger partial charge in [0.15, 0.2) is 0 Å². The van der Waals surface area contributed by atoms with Crippen LogP contribution in [0.3, 0.4) is 0 Å². The Morgan fingerprint density at radius 3 is 3.08 bits per heavy atom. The summed E-state index contributed by atoms with van der Waals surface area (Å²) >= 11 is 1.18. The Bertz CT molecular complexity index is 342. The van der Waals surface area contributed by atoms with Gasteiger partial charge in [-0.1, -0.05) is 0 Å². The molecule has 12 heavy (non-hydrogen) atoms. The molecule has 2 rings (SSSR count). The fourth-order valence-corrected chi connectivity index (χ4v) is 1.55. The Morgan fingerprint density at radius 2 is 2.25 bits per heavy atom. The number of urea groups is 1. The van der Waals surface area contributed by atoms with Crippen LogP contribution in [0.25, 0.3) is 0 Å². The summed E-state index contributed by atoms with van der Waals surface area (Å²) in [6.07, 6.45) is 0. The quantitative estimate of drug-likeness (QED) is 0.605.